The minimum absolute atomic E-state index is 0.189. The number of amides is 2. The molecule has 0 spiro atoms. The predicted octanol–water partition coefficient (Wildman–Crippen LogP) is -2.39. The van der Waals surface area contributed by atoms with Gasteiger partial charge in [0.1, 0.15) is 11.6 Å². The molecule has 1 atom stereocenters. The van der Waals surface area contributed by atoms with Crippen LogP contribution in [0.5, 0.6) is 0 Å². The first-order valence-corrected chi connectivity index (χ1v) is 6.66. The van der Waals surface area contributed by atoms with Crippen molar-refractivity contribution in [2.45, 2.75) is 13.0 Å². The number of aromatic nitrogens is 2. The lowest BCUT2D eigenvalue weighted by molar-refractivity contribution is -0.126. The number of rotatable bonds is 3. The molecule has 1 unspecified atom stereocenters. The highest BCUT2D eigenvalue weighted by atomic mass is 16.2. The summed E-state index contributed by atoms with van der Waals surface area (Å²) in [4.78, 5) is 52.7. The normalized spacial score (nSPS) is 18.3. The summed E-state index contributed by atoms with van der Waals surface area (Å²) in [5.41, 5.74) is -1.64. The fourth-order valence-corrected chi connectivity index (χ4v) is 2.20. The van der Waals surface area contributed by atoms with Gasteiger partial charge in [0.05, 0.1) is 0 Å². The molecule has 0 bridgehead atoms. The number of carbonyl (C=O) groups excluding carboxylic acids is 2. The summed E-state index contributed by atoms with van der Waals surface area (Å²) in [5.74, 6) is -0.857. The van der Waals surface area contributed by atoms with E-state index in [1.54, 1.807) is 6.92 Å². The van der Waals surface area contributed by atoms with Crippen LogP contribution in [0.15, 0.2) is 15.8 Å². The molecule has 1 fully saturated rings. The van der Waals surface area contributed by atoms with Crippen molar-refractivity contribution in [1.82, 2.24) is 25.5 Å². The maximum Gasteiger partial charge on any atom is 0.325 e. The van der Waals surface area contributed by atoms with E-state index in [0.717, 1.165) is 6.20 Å². The molecule has 9 nitrogen and oxygen atoms in total. The van der Waals surface area contributed by atoms with E-state index in [1.807, 2.05) is 4.98 Å². The first kappa shape index (κ1) is 15.0. The second-order valence-corrected chi connectivity index (χ2v) is 4.60. The zero-order valence-electron chi connectivity index (χ0n) is 11.6. The van der Waals surface area contributed by atoms with Gasteiger partial charge < -0.3 is 20.5 Å². The Kier molecular flexibility index (Phi) is 4.53. The molecule has 1 aliphatic rings. The van der Waals surface area contributed by atoms with Gasteiger partial charge in [0.2, 0.25) is 5.91 Å². The fraction of sp³-hybridized carbons (Fsp3) is 0.500. The molecule has 2 rings (SSSR count). The molecule has 0 aromatic carbocycles. The monoisotopic (exact) mass is 295 g/mol. The Morgan fingerprint density at radius 2 is 2.19 bits per heavy atom. The average Bonchev–Trinajstić information content (AvgIpc) is 2.47. The van der Waals surface area contributed by atoms with Crippen LogP contribution in [0.25, 0.3) is 0 Å². The number of piperazine rings is 1. The smallest absolute Gasteiger partial charge is 0.325 e. The van der Waals surface area contributed by atoms with Crippen LogP contribution in [-0.4, -0.2) is 58.9 Å². The minimum Gasteiger partial charge on any atom is -0.355 e. The number of aromatic amines is 2. The van der Waals surface area contributed by atoms with Crippen LogP contribution in [0.2, 0.25) is 0 Å². The molecule has 0 saturated carbocycles. The molecule has 114 valence electrons. The molecule has 1 aromatic rings. The molecule has 0 aliphatic carbocycles. The first-order valence-electron chi connectivity index (χ1n) is 6.66. The lowest BCUT2D eigenvalue weighted by atomic mass is 10.1. The lowest BCUT2D eigenvalue weighted by Crippen LogP contribution is -2.60. The minimum atomic E-state index is -0.767. The van der Waals surface area contributed by atoms with E-state index >= 15 is 0 Å². The Labute approximate surface area is 119 Å². The maximum absolute atomic E-state index is 12.4. The third kappa shape index (κ3) is 3.19. The number of H-pyrrole nitrogens is 2. The van der Waals surface area contributed by atoms with Crippen molar-refractivity contribution in [3.63, 3.8) is 0 Å². The van der Waals surface area contributed by atoms with Crippen LogP contribution in [0.3, 0.4) is 0 Å². The standard InChI is InChI=1S/C12H17N5O4/c1-2-14-10(19)8-6-13-3-4-17(8)11(20)7-5-15-12(21)16-9(7)18/h5,8,13H,2-4,6H2,1H3,(H,14,19)(H2,15,16,18,21). The van der Waals surface area contributed by atoms with E-state index in [-0.39, 0.29) is 11.5 Å². The number of carbonyl (C=O) groups is 2. The molecule has 4 N–H and O–H groups in total. The Morgan fingerprint density at radius 1 is 1.43 bits per heavy atom. The van der Waals surface area contributed by atoms with E-state index in [9.17, 15) is 19.2 Å². The fourth-order valence-electron chi connectivity index (χ4n) is 2.20. The summed E-state index contributed by atoms with van der Waals surface area (Å²) < 4.78 is 0. The van der Waals surface area contributed by atoms with Gasteiger partial charge in [-0.15, -0.1) is 0 Å². The summed E-state index contributed by atoms with van der Waals surface area (Å²) in [6, 6.07) is -0.683. The van der Waals surface area contributed by atoms with E-state index < -0.39 is 23.2 Å². The summed E-state index contributed by atoms with van der Waals surface area (Å²) in [6.07, 6.45) is 1.07. The van der Waals surface area contributed by atoms with Crippen molar-refractivity contribution in [3.05, 3.63) is 32.6 Å². The molecule has 1 saturated heterocycles. The van der Waals surface area contributed by atoms with Crippen LogP contribution < -0.4 is 21.9 Å². The third-order valence-corrected chi connectivity index (χ3v) is 3.21. The van der Waals surface area contributed by atoms with Gasteiger partial charge in [-0.3, -0.25) is 19.4 Å². The highest BCUT2D eigenvalue weighted by molar-refractivity contribution is 5.97. The number of hydrogen-bond acceptors (Lipinski definition) is 5. The van der Waals surface area contributed by atoms with Crippen LogP contribution in [-0.2, 0) is 4.79 Å². The highest BCUT2D eigenvalue weighted by Crippen LogP contribution is 2.07. The summed E-state index contributed by atoms with van der Waals surface area (Å²) in [6.45, 7) is 3.39. The zero-order valence-corrected chi connectivity index (χ0v) is 11.6. The SMILES string of the molecule is CCNC(=O)C1CNCCN1C(=O)c1c[nH]c(=O)[nH]c1=O. The second-order valence-electron chi connectivity index (χ2n) is 4.60. The number of likely N-dealkylation sites (N-methyl/N-ethyl adjacent to an activating group) is 1. The van der Waals surface area contributed by atoms with Gasteiger partial charge in [-0.1, -0.05) is 0 Å². The van der Waals surface area contributed by atoms with E-state index in [0.29, 0.717) is 26.2 Å². The Hall–Kier alpha value is -2.42. The quantitative estimate of drug-likeness (QED) is 0.495. The lowest BCUT2D eigenvalue weighted by Gasteiger charge is -2.34. The topological polar surface area (TPSA) is 127 Å². The summed E-state index contributed by atoms with van der Waals surface area (Å²) >= 11 is 0. The Balaban J connectivity index is 2.28. The molecule has 1 aliphatic heterocycles. The van der Waals surface area contributed by atoms with E-state index in [1.165, 1.54) is 4.90 Å². The van der Waals surface area contributed by atoms with Crippen molar-refractivity contribution in [3.8, 4) is 0 Å². The van der Waals surface area contributed by atoms with Gasteiger partial charge in [0.15, 0.2) is 0 Å². The Morgan fingerprint density at radius 3 is 2.86 bits per heavy atom. The predicted molar refractivity (Wildman–Crippen MR) is 74.1 cm³/mol. The third-order valence-electron chi connectivity index (χ3n) is 3.21. The van der Waals surface area contributed by atoms with Gasteiger partial charge in [-0.25, -0.2) is 4.79 Å². The van der Waals surface area contributed by atoms with Gasteiger partial charge in [0.25, 0.3) is 11.5 Å². The average molecular weight is 295 g/mol. The number of hydrogen-bond donors (Lipinski definition) is 4. The van der Waals surface area contributed by atoms with Crippen molar-refractivity contribution >= 4 is 11.8 Å². The van der Waals surface area contributed by atoms with Crippen molar-refractivity contribution < 1.29 is 9.59 Å². The molecule has 1 aromatic heterocycles. The largest absolute Gasteiger partial charge is 0.355 e. The molecule has 21 heavy (non-hydrogen) atoms. The van der Waals surface area contributed by atoms with Gasteiger partial charge in [-0.2, -0.15) is 0 Å². The van der Waals surface area contributed by atoms with Gasteiger partial charge in [0, 0.05) is 32.4 Å². The Bertz CT molecular complexity index is 650. The maximum atomic E-state index is 12.4. The van der Waals surface area contributed by atoms with Gasteiger partial charge in [-0.05, 0) is 6.92 Å². The van der Waals surface area contributed by atoms with Crippen LogP contribution in [0.1, 0.15) is 17.3 Å². The van der Waals surface area contributed by atoms with Crippen molar-refractivity contribution in [1.29, 1.82) is 0 Å². The molecule has 2 amide bonds. The van der Waals surface area contributed by atoms with Crippen LogP contribution in [0, 0.1) is 0 Å². The number of nitrogens with zero attached hydrogens (tertiary/aromatic N) is 1. The summed E-state index contributed by atoms with van der Waals surface area (Å²) in [5, 5.41) is 5.69. The molecular formula is C12H17N5O4. The van der Waals surface area contributed by atoms with Crippen LogP contribution >= 0.6 is 0 Å². The molecular weight excluding hydrogens is 278 g/mol. The molecule has 0 radical (unpaired) electrons. The highest BCUT2D eigenvalue weighted by Gasteiger charge is 2.33. The van der Waals surface area contributed by atoms with Crippen LogP contribution in [0.4, 0.5) is 0 Å². The molecule has 9 heteroatoms. The van der Waals surface area contributed by atoms with Crippen molar-refractivity contribution in [2.75, 3.05) is 26.2 Å². The van der Waals surface area contributed by atoms with E-state index in [2.05, 4.69) is 15.6 Å². The molecule has 2 heterocycles. The summed E-state index contributed by atoms with van der Waals surface area (Å²) in [7, 11) is 0. The number of nitrogens with one attached hydrogen (secondary N) is 4. The van der Waals surface area contributed by atoms with E-state index in [4.69, 9.17) is 0 Å². The van der Waals surface area contributed by atoms with Crippen molar-refractivity contribution in [2.24, 2.45) is 0 Å². The zero-order chi connectivity index (χ0) is 15.4. The second kappa shape index (κ2) is 6.35. The first-order chi connectivity index (χ1) is 10.0. The van der Waals surface area contributed by atoms with Gasteiger partial charge >= 0.3 is 5.69 Å².